The van der Waals surface area contributed by atoms with Gasteiger partial charge in [-0.05, 0) is 59.8 Å². The first kappa shape index (κ1) is 12.0. The van der Waals surface area contributed by atoms with Gasteiger partial charge in [-0.25, -0.2) is 0 Å². The molecule has 2 atom stereocenters. The minimum Gasteiger partial charge on any atom is -0.0802 e. The number of rotatable bonds is 3. The molecule has 3 aliphatic carbocycles. The van der Waals surface area contributed by atoms with Gasteiger partial charge in [0.1, 0.15) is 0 Å². The molecule has 2 unspecified atom stereocenters. The molecule has 0 spiro atoms. The van der Waals surface area contributed by atoms with Crippen LogP contribution in [0.1, 0.15) is 29.5 Å². The van der Waals surface area contributed by atoms with E-state index in [1.807, 2.05) is 0 Å². The van der Waals surface area contributed by atoms with Crippen molar-refractivity contribution in [2.45, 2.75) is 25.7 Å². The lowest BCUT2D eigenvalue weighted by atomic mass is 9.70. The Morgan fingerprint density at radius 2 is 1.75 bits per heavy atom. The van der Waals surface area contributed by atoms with Gasteiger partial charge in [0.05, 0.1) is 0 Å². The summed E-state index contributed by atoms with van der Waals surface area (Å²) in [5, 5.41) is 0. The summed E-state index contributed by atoms with van der Waals surface area (Å²) in [5.74, 6) is 1.65. The molecule has 1 fully saturated rings. The predicted molar refractivity (Wildman–Crippen MR) is 85.5 cm³/mol. The van der Waals surface area contributed by atoms with E-state index in [0.717, 1.165) is 11.8 Å². The summed E-state index contributed by atoms with van der Waals surface area (Å²) in [5.41, 5.74) is 5.75. The molecule has 0 aromatic heterocycles. The molecule has 0 amide bonds. The number of allylic oxidation sites excluding steroid dienone is 7. The molecule has 4 rings (SSSR count). The Hall–Kier alpha value is -1.82. The van der Waals surface area contributed by atoms with E-state index in [4.69, 9.17) is 0 Å². The Labute approximate surface area is 121 Å². The third-order valence-electron chi connectivity index (χ3n) is 4.91. The number of hydrogen-bond donors (Lipinski definition) is 0. The molecule has 0 radical (unpaired) electrons. The maximum atomic E-state index is 2.43. The fourth-order valence-electron chi connectivity index (χ4n) is 3.30. The summed E-state index contributed by atoms with van der Waals surface area (Å²) in [7, 11) is 0. The van der Waals surface area contributed by atoms with E-state index in [0.29, 0.717) is 0 Å². The Bertz CT molecular complexity index is 640. The zero-order valence-corrected chi connectivity index (χ0v) is 11.8. The van der Waals surface area contributed by atoms with Crippen molar-refractivity contribution in [2.75, 3.05) is 0 Å². The van der Waals surface area contributed by atoms with Gasteiger partial charge in [0.15, 0.2) is 0 Å². The third-order valence-corrected chi connectivity index (χ3v) is 4.91. The van der Waals surface area contributed by atoms with Crippen molar-refractivity contribution in [1.82, 2.24) is 0 Å². The second kappa shape index (κ2) is 4.94. The van der Waals surface area contributed by atoms with E-state index in [2.05, 4.69) is 60.7 Å². The van der Waals surface area contributed by atoms with Gasteiger partial charge in [0.2, 0.25) is 0 Å². The lowest BCUT2D eigenvalue weighted by Gasteiger charge is -2.34. The first-order valence-electron chi connectivity index (χ1n) is 7.75. The summed E-state index contributed by atoms with van der Waals surface area (Å²) in [6.07, 6.45) is 21.1. The van der Waals surface area contributed by atoms with Crippen LogP contribution in [0.2, 0.25) is 0 Å². The zero-order chi connectivity index (χ0) is 13.4. The maximum Gasteiger partial charge on any atom is -0.0161 e. The molecule has 1 saturated carbocycles. The monoisotopic (exact) mass is 260 g/mol. The summed E-state index contributed by atoms with van der Waals surface area (Å²) < 4.78 is 0. The smallest absolute Gasteiger partial charge is 0.0161 e. The van der Waals surface area contributed by atoms with Gasteiger partial charge in [0, 0.05) is 0 Å². The highest BCUT2D eigenvalue weighted by Gasteiger charge is 2.28. The average molecular weight is 260 g/mol. The summed E-state index contributed by atoms with van der Waals surface area (Å²) in [6.45, 7) is 0. The highest BCUT2D eigenvalue weighted by atomic mass is 14.3. The molecule has 0 saturated heterocycles. The average Bonchev–Trinajstić information content (AvgIpc) is 2.40. The van der Waals surface area contributed by atoms with Crippen LogP contribution in [0, 0.1) is 11.8 Å². The highest BCUT2D eigenvalue weighted by Crippen LogP contribution is 2.39. The second-order valence-corrected chi connectivity index (χ2v) is 6.18. The molecule has 3 aliphatic rings. The lowest BCUT2D eigenvalue weighted by Crippen LogP contribution is -2.24. The first-order chi connectivity index (χ1) is 9.88. The SMILES string of the molecule is C1=CC2CCC2C=C1/C=C\C=C/c1ccc2c(c1)CC2. The van der Waals surface area contributed by atoms with Crippen molar-refractivity contribution in [1.29, 1.82) is 0 Å². The molecule has 1 aromatic rings. The van der Waals surface area contributed by atoms with Crippen molar-refractivity contribution in [3.05, 3.63) is 76.9 Å². The van der Waals surface area contributed by atoms with Crippen LogP contribution in [0.25, 0.3) is 6.08 Å². The fraction of sp³-hybridized carbons (Fsp3) is 0.300. The Kier molecular flexibility index (Phi) is 2.95. The van der Waals surface area contributed by atoms with E-state index in [-0.39, 0.29) is 0 Å². The van der Waals surface area contributed by atoms with Crippen molar-refractivity contribution >= 4 is 6.08 Å². The van der Waals surface area contributed by atoms with Crippen LogP contribution in [0.4, 0.5) is 0 Å². The van der Waals surface area contributed by atoms with Crippen molar-refractivity contribution < 1.29 is 0 Å². The summed E-state index contributed by atoms with van der Waals surface area (Å²) in [4.78, 5) is 0. The quantitative estimate of drug-likeness (QED) is 0.680. The Morgan fingerprint density at radius 3 is 2.45 bits per heavy atom. The second-order valence-electron chi connectivity index (χ2n) is 6.18. The third kappa shape index (κ3) is 2.20. The Balaban J connectivity index is 1.40. The summed E-state index contributed by atoms with van der Waals surface area (Å²) in [6, 6.07) is 6.81. The van der Waals surface area contributed by atoms with Crippen LogP contribution in [0.3, 0.4) is 0 Å². The Morgan fingerprint density at radius 1 is 0.900 bits per heavy atom. The van der Waals surface area contributed by atoms with Crippen LogP contribution >= 0.6 is 0 Å². The van der Waals surface area contributed by atoms with E-state index in [9.17, 15) is 0 Å². The number of aryl methyl sites for hydroxylation is 2. The van der Waals surface area contributed by atoms with Crippen LogP contribution < -0.4 is 0 Å². The van der Waals surface area contributed by atoms with Gasteiger partial charge in [-0.2, -0.15) is 0 Å². The molecule has 20 heavy (non-hydrogen) atoms. The topological polar surface area (TPSA) is 0 Å². The fourth-order valence-corrected chi connectivity index (χ4v) is 3.30. The van der Waals surface area contributed by atoms with E-state index >= 15 is 0 Å². The molecule has 1 aromatic carbocycles. The van der Waals surface area contributed by atoms with Gasteiger partial charge in [-0.1, -0.05) is 60.7 Å². The minimum absolute atomic E-state index is 0.816. The zero-order valence-electron chi connectivity index (χ0n) is 11.8. The maximum absolute atomic E-state index is 2.43. The number of benzene rings is 1. The molecule has 0 bridgehead atoms. The van der Waals surface area contributed by atoms with E-state index in [1.165, 1.54) is 47.9 Å². The van der Waals surface area contributed by atoms with Gasteiger partial charge in [-0.3, -0.25) is 0 Å². The molecular weight excluding hydrogens is 240 g/mol. The molecule has 0 heterocycles. The van der Waals surface area contributed by atoms with Gasteiger partial charge < -0.3 is 0 Å². The van der Waals surface area contributed by atoms with Crippen LogP contribution in [-0.4, -0.2) is 0 Å². The van der Waals surface area contributed by atoms with Crippen LogP contribution in [0.15, 0.2) is 60.2 Å². The number of fused-ring (bicyclic) bond motifs is 2. The van der Waals surface area contributed by atoms with Crippen LogP contribution in [-0.2, 0) is 12.8 Å². The van der Waals surface area contributed by atoms with Crippen LogP contribution in [0.5, 0.6) is 0 Å². The van der Waals surface area contributed by atoms with Crippen molar-refractivity contribution in [2.24, 2.45) is 11.8 Å². The van der Waals surface area contributed by atoms with Gasteiger partial charge >= 0.3 is 0 Å². The van der Waals surface area contributed by atoms with E-state index < -0.39 is 0 Å². The molecule has 0 aliphatic heterocycles. The standard InChI is InChI=1S/C20H20/c1(3-15-5-7-17-9-11-19(17)13-15)2-4-16-6-8-18-10-12-20(18)14-16/h1-8,13-14,17,19H,9-12H2/b3-1-,4-2-. The molecular formula is C20H20. The van der Waals surface area contributed by atoms with Crippen molar-refractivity contribution in [3.8, 4) is 0 Å². The largest absolute Gasteiger partial charge is 0.0802 e. The molecule has 0 heteroatoms. The molecule has 0 N–H and O–H groups in total. The normalized spacial score (nSPS) is 26.9. The molecule has 100 valence electrons. The van der Waals surface area contributed by atoms with Gasteiger partial charge in [-0.15, -0.1) is 0 Å². The van der Waals surface area contributed by atoms with Gasteiger partial charge in [0.25, 0.3) is 0 Å². The predicted octanol–water partition coefficient (Wildman–Crippen LogP) is 4.88. The van der Waals surface area contributed by atoms with E-state index in [1.54, 1.807) is 0 Å². The highest BCUT2D eigenvalue weighted by molar-refractivity contribution is 5.55. The summed E-state index contributed by atoms with van der Waals surface area (Å²) >= 11 is 0. The lowest BCUT2D eigenvalue weighted by molar-refractivity contribution is 0.282. The number of hydrogen-bond acceptors (Lipinski definition) is 0. The minimum atomic E-state index is 0.816. The first-order valence-corrected chi connectivity index (χ1v) is 7.75. The molecule has 0 nitrogen and oxygen atoms in total. The van der Waals surface area contributed by atoms with Crippen molar-refractivity contribution in [3.63, 3.8) is 0 Å².